The van der Waals surface area contributed by atoms with Crippen LogP contribution in [0.1, 0.15) is 60.5 Å². The van der Waals surface area contributed by atoms with Crippen LogP contribution in [0.2, 0.25) is 0 Å². The summed E-state index contributed by atoms with van der Waals surface area (Å²) in [5.74, 6) is 0.0867. The van der Waals surface area contributed by atoms with Crippen molar-refractivity contribution in [2.75, 3.05) is 0 Å². The van der Waals surface area contributed by atoms with Crippen LogP contribution in [0, 0.1) is 12.8 Å². The largest absolute Gasteiger partial charge is 0.478 e. The molecule has 0 atom stereocenters. The van der Waals surface area contributed by atoms with Crippen molar-refractivity contribution in [1.82, 2.24) is 0 Å². The lowest BCUT2D eigenvalue weighted by molar-refractivity contribution is 0.0696. The van der Waals surface area contributed by atoms with Gasteiger partial charge in [0.1, 0.15) is 0 Å². The van der Waals surface area contributed by atoms with Crippen LogP contribution in [0.5, 0.6) is 0 Å². The molecule has 0 radical (unpaired) electrons. The predicted molar refractivity (Wildman–Crippen MR) is 84.6 cm³/mol. The van der Waals surface area contributed by atoms with E-state index in [-0.39, 0.29) is 0 Å². The molecule has 1 aliphatic rings. The van der Waals surface area contributed by atoms with E-state index in [1.807, 2.05) is 6.07 Å². The summed E-state index contributed by atoms with van der Waals surface area (Å²) in [6.45, 7) is 10.4. The van der Waals surface area contributed by atoms with E-state index in [0.717, 1.165) is 9.80 Å². The molecule has 0 heterocycles. The fourth-order valence-corrected chi connectivity index (χ4v) is 3.32. The summed E-state index contributed by atoms with van der Waals surface area (Å²) in [4.78, 5) is 13.5. The van der Waals surface area contributed by atoms with Crippen molar-refractivity contribution < 1.29 is 9.90 Å². The Kier molecular flexibility index (Phi) is 4.59. The van der Waals surface area contributed by atoms with Gasteiger partial charge in [-0.1, -0.05) is 38.6 Å². The second-order valence-corrected chi connectivity index (χ2v) is 7.01. The van der Waals surface area contributed by atoms with Crippen LogP contribution in [0.4, 0.5) is 0 Å². The third kappa shape index (κ3) is 3.09. The van der Waals surface area contributed by atoms with E-state index >= 15 is 0 Å². The first-order valence-electron chi connectivity index (χ1n) is 7.14. The third-order valence-corrected chi connectivity index (χ3v) is 5.45. The van der Waals surface area contributed by atoms with Gasteiger partial charge >= 0.3 is 5.97 Å². The van der Waals surface area contributed by atoms with Gasteiger partial charge in [0.2, 0.25) is 0 Å². The number of carboxylic acids is 1. The van der Waals surface area contributed by atoms with Crippen molar-refractivity contribution in [2.24, 2.45) is 5.92 Å². The van der Waals surface area contributed by atoms with Crippen LogP contribution in [0.3, 0.4) is 0 Å². The van der Waals surface area contributed by atoms with E-state index in [2.05, 4.69) is 27.4 Å². The first-order chi connectivity index (χ1) is 9.40. The molecule has 1 N–H and O–H groups in total. The van der Waals surface area contributed by atoms with Gasteiger partial charge in [-0.15, -0.1) is 0 Å². The summed E-state index contributed by atoms with van der Waals surface area (Å²) in [6.07, 6.45) is 3.61. The number of benzene rings is 1. The molecule has 0 saturated heterocycles. The Morgan fingerprint density at radius 3 is 2.50 bits per heavy atom. The molecule has 20 heavy (non-hydrogen) atoms. The molecule has 108 valence electrons. The molecule has 0 aliphatic heterocycles. The summed E-state index contributed by atoms with van der Waals surface area (Å²) in [7, 11) is 0. The molecule has 2 rings (SSSR count). The van der Waals surface area contributed by atoms with Crippen molar-refractivity contribution in [2.45, 2.75) is 50.8 Å². The summed E-state index contributed by atoms with van der Waals surface area (Å²) in [6, 6.07) is 3.65. The monoisotopic (exact) mass is 290 g/mol. The van der Waals surface area contributed by atoms with E-state index < -0.39 is 5.97 Å². The maximum absolute atomic E-state index is 11.3. The van der Waals surface area contributed by atoms with Gasteiger partial charge in [0.15, 0.2) is 0 Å². The lowest BCUT2D eigenvalue weighted by Gasteiger charge is -2.28. The van der Waals surface area contributed by atoms with Gasteiger partial charge in [-0.05, 0) is 59.8 Å². The van der Waals surface area contributed by atoms with E-state index in [1.54, 1.807) is 17.8 Å². The average Bonchev–Trinajstić information content (AvgIpc) is 2.31. The topological polar surface area (TPSA) is 37.3 Å². The first-order valence-corrected chi connectivity index (χ1v) is 7.96. The van der Waals surface area contributed by atoms with Gasteiger partial charge < -0.3 is 5.11 Å². The minimum absolute atomic E-state index is 0.389. The van der Waals surface area contributed by atoms with Crippen molar-refractivity contribution in [3.63, 3.8) is 0 Å². The molecule has 0 aromatic heterocycles. The molecular formula is C17H22O2S. The number of allylic oxidation sites excluding steroid dienone is 1. The Labute approximate surface area is 125 Å². The molecule has 2 nitrogen and oxygen atoms in total. The average molecular weight is 290 g/mol. The van der Waals surface area contributed by atoms with E-state index in [0.29, 0.717) is 17.4 Å². The van der Waals surface area contributed by atoms with Crippen molar-refractivity contribution >= 4 is 17.7 Å². The molecule has 0 amide bonds. The Morgan fingerprint density at radius 1 is 1.40 bits per heavy atom. The van der Waals surface area contributed by atoms with Gasteiger partial charge in [0.25, 0.3) is 0 Å². The van der Waals surface area contributed by atoms with E-state index in [1.165, 1.54) is 30.4 Å². The summed E-state index contributed by atoms with van der Waals surface area (Å²) < 4.78 is 0. The molecular weight excluding hydrogens is 268 g/mol. The molecule has 1 aromatic rings. The number of rotatable bonds is 5. The van der Waals surface area contributed by atoms with Crippen LogP contribution >= 0.6 is 11.8 Å². The number of thioether (sulfide) groups is 1. The smallest absolute Gasteiger partial charge is 0.335 e. The summed E-state index contributed by atoms with van der Waals surface area (Å²) in [5, 5.41) is 9.31. The lowest BCUT2D eigenvalue weighted by Crippen LogP contribution is -2.12. The van der Waals surface area contributed by atoms with Crippen molar-refractivity contribution in [3.05, 3.63) is 40.3 Å². The second kappa shape index (κ2) is 6.04. The normalized spacial score (nSPS) is 15.2. The van der Waals surface area contributed by atoms with Crippen molar-refractivity contribution in [1.29, 1.82) is 0 Å². The number of hydrogen-bond donors (Lipinski definition) is 1. The Hall–Kier alpha value is -1.22. The number of carbonyl (C=O) groups is 1. The van der Waals surface area contributed by atoms with Crippen LogP contribution in [-0.4, -0.2) is 11.1 Å². The molecule has 0 unspecified atom stereocenters. The van der Waals surface area contributed by atoms with E-state index in [4.69, 9.17) is 0 Å². The van der Waals surface area contributed by atoms with Gasteiger partial charge in [-0.2, -0.15) is 0 Å². The molecule has 1 aliphatic carbocycles. The van der Waals surface area contributed by atoms with Crippen LogP contribution in [0.25, 0.3) is 0 Å². The fourth-order valence-electron chi connectivity index (χ4n) is 2.34. The van der Waals surface area contributed by atoms with Crippen LogP contribution < -0.4 is 0 Å². The van der Waals surface area contributed by atoms with Gasteiger partial charge in [-0.3, -0.25) is 0 Å². The predicted octanol–water partition coefficient (Wildman–Crippen LogP) is 5.22. The molecule has 0 bridgehead atoms. The maximum atomic E-state index is 11.3. The van der Waals surface area contributed by atoms with Gasteiger partial charge in [0.05, 0.1) is 5.56 Å². The lowest BCUT2D eigenvalue weighted by atomic mass is 9.78. The molecule has 1 saturated carbocycles. The minimum atomic E-state index is -0.845. The zero-order valence-corrected chi connectivity index (χ0v) is 13.2. The third-order valence-electron chi connectivity index (χ3n) is 4.08. The van der Waals surface area contributed by atoms with Gasteiger partial charge in [-0.25, -0.2) is 4.79 Å². The van der Waals surface area contributed by atoms with Crippen LogP contribution in [0.15, 0.2) is 28.5 Å². The fraction of sp³-hybridized carbons (Fsp3) is 0.471. The number of aromatic carboxylic acids is 1. The highest BCUT2D eigenvalue weighted by molar-refractivity contribution is 8.03. The number of hydrogen-bond acceptors (Lipinski definition) is 2. The Bertz CT molecular complexity index is 542. The summed E-state index contributed by atoms with van der Waals surface area (Å²) >= 11 is 1.62. The molecule has 3 heteroatoms. The zero-order valence-electron chi connectivity index (χ0n) is 12.4. The Morgan fingerprint density at radius 2 is 2.05 bits per heavy atom. The van der Waals surface area contributed by atoms with Crippen molar-refractivity contribution in [3.8, 4) is 0 Å². The van der Waals surface area contributed by atoms with E-state index in [9.17, 15) is 9.90 Å². The standard InChI is InChI=1S/C17H22O2S/c1-10(2)12(4)20-16-9-14(17(18)19)8-15(11(16)3)13-6-5-7-13/h8-10,13H,4-7H2,1-3H3,(H,18,19). The first kappa shape index (κ1) is 15.2. The summed E-state index contributed by atoms with van der Waals surface area (Å²) in [5.41, 5.74) is 2.85. The van der Waals surface area contributed by atoms with Gasteiger partial charge in [0, 0.05) is 4.90 Å². The highest BCUT2D eigenvalue weighted by Gasteiger charge is 2.24. The number of carboxylic acid groups (broad SMARTS) is 1. The molecule has 1 fully saturated rings. The highest BCUT2D eigenvalue weighted by atomic mass is 32.2. The SMILES string of the molecule is C=C(Sc1cc(C(=O)O)cc(C2CCC2)c1C)C(C)C. The molecule has 1 aromatic carbocycles. The van der Waals surface area contributed by atoms with Crippen LogP contribution in [-0.2, 0) is 0 Å². The minimum Gasteiger partial charge on any atom is -0.478 e. The zero-order chi connectivity index (χ0) is 14.9. The maximum Gasteiger partial charge on any atom is 0.335 e. The second-order valence-electron chi connectivity index (χ2n) is 5.84. The quantitative estimate of drug-likeness (QED) is 0.755. The highest BCUT2D eigenvalue weighted by Crippen LogP contribution is 2.42. The Balaban J connectivity index is 2.40. The molecule has 0 spiro atoms.